The smallest absolute Gasteiger partial charge is 0.264 e. The van der Waals surface area contributed by atoms with Crippen molar-refractivity contribution in [2.45, 2.75) is 18.8 Å². The predicted octanol–water partition coefficient (Wildman–Crippen LogP) is 1.38. The molecule has 0 amide bonds. The van der Waals surface area contributed by atoms with E-state index in [2.05, 4.69) is 10.2 Å². The SMILES string of the molecule is O=c1ccc(C2CCSCC2)n[nH]1. The largest absolute Gasteiger partial charge is 0.268 e. The molecule has 0 spiro atoms. The predicted molar refractivity (Wildman–Crippen MR) is 54.2 cm³/mol. The lowest BCUT2D eigenvalue weighted by molar-refractivity contribution is 0.607. The number of thioether (sulfide) groups is 1. The van der Waals surface area contributed by atoms with Crippen molar-refractivity contribution in [2.24, 2.45) is 0 Å². The van der Waals surface area contributed by atoms with Crippen LogP contribution >= 0.6 is 11.8 Å². The van der Waals surface area contributed by atoms with Crippen LogP contribution in [0.4, 0.5) is 0 Å². The summed E-state index contributed by atoms with van der Waals surface area (Å²) in [7, 11) is 0. The molecule has 0 bridgehead atoms. The highest BCUT2D eigenvalue weighted by atomic mass is 32.2. The number of nitrogens with one attached hydrogen (secondary N) is 1. The van der Waals surface area contributed by atoms with Gasteiger partial charge in [-0.3, -0.25) is 4.79 Å². The molecule has 1 aromatic rings. The fraction of sp³-hybridized carbons (Fsp3) is 0.556. The van der Waals surface area contributed by atoms with E-state index in [1.807, 2.05) is 17.8 Å². The van der Waals surface area contributed by atoms with Crippen molar-refractivity contribution < 1.29 is 0 Å². The quantitative estimate of drug-likeness (QED) is 0.738. The van der Waals surface area contributed by atoms with Gasteiger partial charge in [0.15, 0.2) is 0 Å². The summed E-state index contributed by atoms with van der Waals surface area (Å²) in [5, 5.41) is 6.54. The van der Waals surface area contributed by atoms with Crippen molar-refractivity contribution in [3.8, 4) is 0 Å². The summed E-state index contributed by atoms with van der Waals surface area (Å²) in [6, 6.07) is 3.41. The van der Waals surface area contributed by atoms with Crippen LogP contribution in [0.5, 0.6) is 0 Å². The molecule has 0 aliphatic carbocycles. The van der Waals surface area contributed by atoms with E-state index in [4.69, 9.17) is 0 Å². The highest BCUT2D eigenvalue weighted by molar-refractivity contribution is 7.99. The molecule has 2 heterocycles. The molecule has 70 valence electrons. The van der Waals surface area contributed by atoms with Crippen LogP contribution < -0.4 is 5.56 Å². The maximum Gasteiger partial charge on any atom is 0.264 e. The first-order valence-electron chi connectivity index (χ1n) is 4.49. The van der Waals surface area contributed by atoms with Crippen molar-refractivity contribution in [1.29, 1.82) is 0 Å². The van der Waals surface area contributed by atoms with E-state index < -0.39 is 0 Å². The molecule has 0 unspecified atom stereocenters. The van der Waals surface area contributed by atoms with Crippen LogP contribution in [0, 0.1) is 0 Å². The summed E-state index contributed by atoms with van der Waals surface area (Å²) in [6.45, 7) is 0. The Morgan fingerprint density at radius 2 is 2.15 bits per heavy atom. The summed E-state index contributed by atoms with van der Waals surface area (Å²) in [4.78, 5) is 10.8. The van der Waals surface area contributed by atoms with Crippen molar-refractivity contribution in [1.82, 2.24) is 10.2 Å². The maximum absolute atomic E-state index is 10.8. The zero-order valence-electron chi connectivity index (χ0n) is 7.32. The van der Waals surface area contributed by atoms with Crippen LogP contribution in [-0.4, -0.2) is 21.7 Å². The molecule has 1 aliphatic heterocycles. The van der Waals surface area contributed by atoms with Gasteiger partial charge >= 0.3 is 0 Å². The van der Waals surface area contributed by atoms with Gasteiger partial charge in [0, 0.05) is 12.0 Å². The molecule has 1 fully saturated rings. The molecule has 0 atom stereocenters. The molecular formula is C9H12N2OS. The van der Waals surface area contributed by atoms with Gasteiger partial charge < -0.3 is 0 Å². The summed E-state index contributed by atoms with van der Waals surface area (Å²) in [5.74, 6) is 2.98. The lowest BCUT2D eigenvalue weighted by atomic mass is 9.99. The summed E-state index contributed by atoms with van der Waals surface area (Å²) >= 11 is 2.00. The highest BCUT2D eigenvalue weighted by Crippen LogP contribution is 2.29. The molecule has 13 heavy (non-hydrogen) atoms. The van der Waals surface area contributed by atoms with Crippen molar-refractivity contribution >= 4 is 11.8 Å². The number of hydrogen-bond acceptors (Lipinski definition) is 3. The van der Waals surface area contributed by atoms with Gasteiger partial charge in [-0.05, 0) is 30.4 Å². The van der Waals surface area contributed by atoms with E-state index in [1.165, 1.54) is 24.3 Å². The van der Waals surface area contributed by atoms with Gasteiger partial charge in [-0.1, -0.05) is 0 Å². The van der Waals surface area contributed by atoms with Crippen LogP contribution in [0.2, 0.25) is 0 Å². The Hall–Kier alpha value is -0.770. The van der Waals surface area contributed by atoms with Gasteiger partial charge in [-0.2, -0.15) is 16.9 Å². The maximum atomic E-state index is 10.8. The standard InChI is InChI=1S/C9H12N2OS/c12-9-2-1-8(10-11-9)7-3-5-13-6-4-7/h1-2,7H,3-6H2,(H,11,12). The van der Waals surface area contributed by atoms with E-state index >= 15 is 0 Å². The monoisotopic (exact) mass is 196 g/mol. The highest BCUT2D eigenvalue weighted by Gasteiger charge is 2.16. The number of rotatable bonds is 1. The van der Waals surface area contributed by atoms with Crippen LogP contribution in [0.15, 0.2) is 16.9 Å². The minimum absolute atomic E-state index is 0.117. The van der Waals surface area contributed by atoms with E-state index in [1.54, 1.807) is 6.07 Å². The first-order valence-corrected chi connectivity index (χ1v) is 5.65. The molecule has 4 heteroatoms. The molecule has 1 aliphatic rings. The van der Waals surface area contributed by atoms with Crippen LogP contribution in [0.1, 0.15) is 24.5 Å². The second-order valence-electron chi connectivity index (χ2n) is 3.23. The average molecular weight is 196 g/mol. The Morgan fingerprint density at radius 1 is 1.38 bits per heavy atom. The number of H-pyrrole nitrogens is 1. The Kier molecular flexibility index (Phi) is 2.68. The number of hydrogen-bond donors (Lipinski definition) is 1. The van der Waals surface area contributed by atoms with Crippen molar-refractivity contribution in [2.75, 3.05) is 11.5 Å². The first-order chi connectivity index (χ1) is 6.36. The van der Waals surface area contributed by atoms with Crippen molar-refractivity contribution in [3.05, 3.63) is 28.2 Å². The second-order valence-corrected chi connectivity index (χ2v) is 4.46. The third-order valence-corrected chi connectivity index (χ3v) is 3.39. The Morgan fingerprint density at radius 3 is 2.77 bits per heavy atom. The van der Waals surface area contributed by atoms with E-state index in [9.17, 15) is 4.79 Å². The molecular weight excluding hydrogens is 184 g/mol. The summed E-state index contributed by atoms with van der Waals surface area (Å²) < 4.78 is 0. The third kappa shape index (κ3) is 2.12. The Labute approximate surface area is 80.9 Å². The summed E-state index contributed by atoms with van der Waals surface area (Å²) in [6.07, 6.45) is 2.37. The second kappa shape index (κ2) is 3.96. The first kappa shape index (κ1) is 8.81. The minimum atomic E-state index is -0.117. The number of aromatic nitrogens is 2. The molecule has 1 aromatic heterocycles. The zero-order chi connectivity index (χ0) is 9.10. The number of nitrogens with zero attached hydrogens (tertiary/aromatic N) is 1. The van der Waals surface area contributed by atoms with Gasteiger partial charge in [0.2, 0.25) is 0 Å². The molecule has 0 saturated carbocycles. The van der Waals surface area contributed by atoms with E-state index in [0.29, 0.717) is 5.92 Å². The average Bonchev–Trinajstić information content (AvgIpc) is 2.20. The molecule has 2 rings (SSSR count). The zero-order valence-corrected chi connectivity index (χ0v) is 8.14. The van der Waals surface area contributed by atoms with Crippen LogP contribution in [0.3, 0.4) is 0 Å². The van der Waals surface area contributed by atoms with Crippen molar-refractivity contribution in [3.63, 3.8) is 0 Å². The van der Waals surface area contributed by atoms with Gasteiger partial charge in [0.05, 0.1) is 5.69 Å². The van der Waals surface area contributed by atoms with E-state index in [-0.39, 0.29) is 5.56 Å². The van der Waals surface area contributed by atoms with Gasteiger partial charge in [0.25, 0.3) is 5.56 Å². The number of aromatic amines is 1. The van der Waals surface area contributed by atoms with Gasteiger partial charge in [-0.15, -0.1) is 0 Å². The normalized spacial score (nSPS) is 18.8. The van der Waals surface area contributed by atoms with Gasteiger partial charge in [0.1, 0.15) is 0 Å². The van der Waals surface area contributed by atoms with Crippen LogP contribution in [0.25, 0.3) is 0 Å². The van der Waals surface area contributed by atoms with Crippen LogP contribution in [-0.2, 0) is 0 Å². The molecule has 3 nitrogen and oxygen atoms in total. The Balaban J connectivity index is 2.14. The molecule has 0 radical (unpaired) electrons. The Bertz CT molecular complexity index is 310. The van der Waals surface area contributed by atoms with E-state index in [0.717, 1.165) is 5.69 Å². The fourth-order valence-electron chi connectivity index (χ4n) is 1.58. The third-order valence-electron chi connectivity index (χ3n) is 2.34. The molecule has 1 saturated heterocycles. The lowest BCUT2D eigenvalue weighted by Crippen LogP contribution is -2.14. The summed E-state index contributed by atoms with van der Waals surface area (Å²) in [5.41, 5.74) is 0.925. The minimum Gasteiger partial charge on any atom is -0.268 e. The lowest BCUT2D eigenvalue weighted by Gasteiger charge is -2.19. The van der Waals surface area contributed by atoms with Gasteiger partial charge in [-0.25, -0.2) is 5.10 Å². The molecule has 1 N–H and O–H groups in total. The molecule has 0 aromatic carbocycles. The topological polar surface area (TPSA) is 45.8 Å². The fourth-order valence-corrected chi connectivity index (χ4v) is 2.68.